The van der Waals surface area contributed by atoms with Crippen molar-refractivity contribution in [2.45, 2.75) is 18.6 Å². The summed E-state index contributed by atoms with van der Waals surface area (Å²) in [6, 6.07) is 0. The Morgan fingerprint density at radius 1 is 1.31 bits per heavy atom. The number of esters is 1. The van der Waals surface area contributed by atoms with E-state index in [1.165, 1.54) is 0 Å². The van der Waals surface area contributed by atoms with E-state index in [0.717, 1.165) is 0 Å². The average molecular weight is 224 g/mol. The number of hydrogen-bond donors (Lipinski definition) is 2. The number of aliphatic hydroxyl groups excluding tert-OH is 1. The Morgan fingerprint density at radius 3 is 2.75 bits per heavy atom. The third-order valence-corrected chi connectivity index (χ3v) is 5.03. The van der Waals surface area contributed by atoms with Crippen molar-refractivity contribution in [3.8, 4) is 0 Å². The van der Waals surface area contributed by atoms with Crippen LogP contribution in [0.25, 0.3) is 0 Å². The molecule has 16 heavy (non-hydrogen) atoms. The maximum absolute atomic E-state index is 11.7. The van der Waals surface area contributed by atoms with Crippen molar-refractivity contribution in [2.24, 2.45) is 35.5 Å². The van der Waals surface area contributed by atoms with Crippen molar-refractivity contribution < 1.29 is 24.5 Å². The fourth-order valence-corrected chi connectivity index (χ4v) is 4.59. The highest BCUT2D eigenvalue weighted by atomic mass is 16.6. The van der Waals surface area contributed by atoms with Crippen molar-refractivity contribution in [3.63, 3.8) is 0 Å². The van der Waals surface area contributed by atoms with E-state index in [2.05, 4.69) is 0 Å². The number of aliphatic hydroxyl groups is 1. The molecule has 3 saturated carbocycles. The van der Waals surface area contributed by atoms with Crippen LogP contribution in [0.1, 0.15) is 6.42 Å². The minimum atomic E-state index is -0.876. The van der Waals surface area contributed by atoms with Crippen LogP contribution in [0.15, 0.2) is 0 Å². The molecule has 1 heterocycles. The zero-order valence-corrected chi connectivity index (χ0v) is 8.45. The molecule has 0 spiro atoms. The van der Waals surface area contributed by atoms with E-state index in [1.807, 2.05) is 0 Å². The van der Waals surface area contributed by atoms with Crippen molar-refractivity contribution >= 4 is 11.9 Å². The van der Waals surface area contributed by atoms with E-state index in [0.29, 0.717) is 18.3 Å². The Bertz CT molecular complexity index is 405. The molecular formula is C11H12O5. The molecule has 1 aliphatic heterocycles. The van der Waals surface area contributed by atoms with Gasteiger partial charge in [-0.15, -0.1) is 0 Å². The maximum Gasteiger partial charge on any atom is 0.310 e. The van der Waals surface area contributed by atoms with Crippen LogP contribution in [-0.2, 0) is 14.3 Å². The predicted molar refractivity (Wildman–Crippen MR) is 49.1 cm³/mol. The molecule has 4 fully saturated rings. The summed E-state index contributed by atoms with van der Waals surface area (Å²) in [5, 5.41) is 19.0. The first-order valence-electron chi connectivity index (χ1n) is 5.72. The zero-order valence-electron chi connectivity index (χ0n) is 8.45. The molecular weight excluding hydrogens is 212 g/mol. The lowest BCUT2D eigenvalue weighted by atomic mass is 9.75. The summed E-state index contributed by atoms with van der Waals surface area (Å²) in [5.41, 5.74) is 0. The second kappa shape index (κ2) is 2.42. The average Bonchev–Trinajstić information content (AvgIpc) is 2.65. The Hall–Kier alpha value is -1.10. The molecule has 4 aliphatic rings. The van der Waals surface area contributed by atoms with E-state index >= 15 is 0 Å². The summed E-state index contributed by atoms with van der Waals surface area (Å²) >= 11 is 0. The first-order chi connectivity index (χ1) is 7.61. The number of ether oxygens (including phenoxy) is 1. The van der Waals surface area contributed by atoms with E-state index in [1.54, 1.807) is 0 Å². The van der Waals surface area contributed by atoms with Crippen LogP contribution in [0.5, 0.6) is 0 Å². The number of hydrogen-bond acceptors (Lipinski definition) is 4. The SMILES string of the molecule is O=C1OC2C(O)CC3C4C(C(=O)O)C1C2[C@@H]34. The van der Waals surface area contributed by atoms with E-state index < -0.39 is 36.0 Å². The molecule has 3 aliphatic carbocycles. The molecule has 0 aromatic rings. The summed E-state index contributed by atoms with van der Waals surface area (Å²) in [5.74, 6) is -1.65. The van der Waals surface area contributed by atoms with Gasteiger partial charge >= 0.3 is 11.9 Å². The quantitative estimate of drug-likeness (QED) is 0.586. The molecule has 5 heteroatoms. The van der Waals surface area contributed by atoms with Crippen molar-refractivity contribution in [2.75, 3.05) is 0 Å². The molecule has 0 amide bonds. The van der Waals surface area contributed by atoms with Gasteiger partial charge in [-0.05, 0) is 24.2 Å². The van der Waals surface area contributed by atoms with Gasteiger partial charge in [-0.1, -0.05) is 0 Å². The Kier molecular flexibility index (Phi) is 1.36. The number of aliphatic carboxylic acids is 1. The number of carboxylic acids is 1. The van der Waals surface area contributed by atoms with Gasteiger partial charge in [-0.25, -0.2) is 0 Å². The molecule has 86 valence electrons. The van der Waals surface area contributed by atoms with Crippen LogP contribution < -0.4 is 0 Å². The molecule has 0 bridgehead atoms. The Morgan fingerprint density at radius 2 is 2.06 bits per heavy atom. The Labute approximate surface area is 91.4 Å². The molecule has 1 saturated heterocycles. The second-order valence-corrected chi connectivity index (χ2v) is 5.49. The van der Waals surface area contributed by atoms with Gasteiger partial charge in [0.25, 0.3) is 0 Å². The lowest BCUT2D eigenvalue weighted by Crippen LogP contribution is -2.40. The molecule has 4 rings (SSSR count). The minimum absolute atomic E-state index is 0.0349. The summed E-state index contributed by atoms with van der Waals surface area (Å²) in [7, 11) is 0. The molecule has 8 atom stereocenters. The molecule has 5 nitrogen and oxygen atoms in total. The lowest BCUT2D eigenvalue weighted by Gasteiger charge is -2.29. The topological polar surface area (TPSA) is 83.8 Å². The van der Waals surface area contributed by atoms with Gasteiger partial charge in [-0.2, -0.15) is 0 Å². The van der Waals surface area contributed by atoms with Crippen LogP contribution in [0, 0.1) is 35.5 Å². The Balaban J connectivity index is 1.80. The van der Waals surface area contributed by atoms with Gasteiger partial charge in [0.1, 0.15) is 6.10 Å². The van der Waals surface area contributed by atoms with Gasteiger partial charge in [0.2, 0.25) is 0 Å². The van der Waals surface area contributed by atoms with Crippen LogP contribution in [0.4, 0.5) is 0 Å². The maximum atomic E-state index is 11.7. The number of carbonyl (C=O) groups is 2. The van der Waals surface area contributed by atoms with Crippen LogP contribution in [0.3, 0.4) is 0 Å². The normalized spacial score (nSPS) is 60.4. The fraction of sp³-hybridized carbons (Fsp3) is 0.818. The van der Waals surface area contributed by atoms with E-state index in [4.69, 9.17) is 4.74 Å². The smallest absolute Gasteiger partial charge is 0.310 e. The number of carbonyl (C=O) groups excluding carboxylic acids is 1. The zero-order chi connectivity index (χ0) is 11.2. The summed E-state index contributed by atoms with van der Waals surface area (Å²) in [4.78, 5) is 22.9. The predicted octanol–water partition coefficient (Wildman–Crippen LogP) is -0.515. The number of carboxylic acid groups (broad SMARTS) is 1. The van der Waals surface area contributed by atoms with Gasteiger partial charge in [-0.3, -0.25) is 9.59 Å². The largest absolute Gasteiger partial charge is 0.481 e. The summed E-state index contributed by atoms with van der Waals surface area (Å²) < 4.78 is 5.15. The van der Waals surface area contributed by atoms with Crippen LogP contribution in [0.2, 0.25) is 0 Å². The molecule has 0 aromatic heterocycles. The van der Waals surface area contributed by atoms with Crippen molar-refractivity contribution in [1.29, 1.82) is 0 Å². The van der Waals surface area contributed by atoms with E-state index in [-0.39, 0.29) is 11.8 Å². The second-order valence-electron chi connectivity index (χ2n) is 5.49. The first kappa shape index (κ1) is 8.98. The van der Waals surface area contributed by atoms with Gasteiger partial charge in [0.15, 0.2) is 0 Å². The highest BCUT2D eigenvalue weighted by Gasteiger charge is 2.77. The van der Waals surface area contributed by atoms with E-state index in [9.17, 15) is 19.8 Å². The first-order valence-corrected chi connectivity index (χ1v) is 5.72. The van der Waals surface area contributed by atoms with Gasteiger partial charge in [0, 0.05) is 5.92 Å². The molecule has 0 radical (unpaired) electrons. The molecule has 7 unspecified atom stereocenters. The van der Waals surface area contributed by atoms with Crippen LogP contribution >= 0.6 is 0 Å². The minimum Gasteiger partial charge on any atom is -0.481 e. The van der Waals surface area contributed by atoms with Crippen molar-refractivity contribution in [3.05, 3.63) is 0 Å². The van der Waals surface area contributed by atoms with Gasteiger partial charge < -0.3 is 14.9 Å². The number of fused-ring (bicyclic) bond motifs is 1. The highest BCUT2D eigenvalue weighted by Crippen LogP contribution is 2.72. The molecule has 2 N–H and O–H groups in total. The standard InChI is InChI=1S/C11H12O5/c12-3-1-2-4-5(2)7(10(13)14)8-6(4)9(3)16-11(8)15/h2-9,12H,1H2,(H,13,14)/t2?,3?,4-,5?,6?,7?,8?,9?/m0/s1. The lowest BCUT2D eigenvalue weighted by molar-refractivity contribution is -0.154. The fourth-order valence-electron chi connectivity index (χ4n) is 4.59. The number of rotatable bonds is 1. The van der Waals surface area contributed by atoms with Crippen LogP contribution in [-0.4, -0.2) is 34.4 Å². The third-order valence-electron chi connectivity index (χ3n) is 5.03. The van der Waals surface area contributed by atoms with Crippen molar-refractivity contribution in [1.82, 2.24) is 0 Å². The monoisotopic (exact) mass is 224 g/mol. The summed E-state index contributed by atoms with van der Waals surface area (Å²) in [6.07, 6.45) is -0.423. The highest BCUT2D eigenvalue weighted by molar-refractivity contribution is 5.85. The summed E-state index contributed by atoms with van der Waals surface area (Å²) in [6.45, 7) is 0. The van der Waals surface area contributed by atoms with Gasteiger partial charge in [0.05, 0.1) is 17.9 Å². The third kappa shape index (κ3) is 0.764. The molecule has 0 aromatic carbocycles.